The van der Waals surface area contributed by atoms with E-state index in [9.17, 15) is 4.79 Å². The van der Waals surface area contributed by atoms with Crippen molar-refractivity contribution in [2.75, 3.05) is 19.6 Å². The highest BCUT2D eigenvalue weighted by molar-refractivity contribution is 5.80. The van der Waals surface area contributed by atoms with Crippen LogP contribution in [-0.4, -0.2) is 25.4 Å². The minimum Gasteiger partial charge on any atom is -0.324 e. The molecule has 0 aromatic rings. The van der Waals surface area contributed by atoms with E-state index >= 15 is 0 Å². The Balaban J connectivity index is 3.01. The van der Waals surface area contributed by atoms with Crippen molar-refractivity contribution in [2.24, 2.45) is 5.73 Å². The van der Waals surface area contributed by atoms with E-state index in [0.717, 1.165) is 6.42 Å². The SMILES string of the molecule is CCCCCCCCCCCCNCCCCCCCCCCCCC(=O)CN. The second kappa shape index (κ2) is 25.6. The Morgan fingerprint density at radius 1 is 0.552 bits per heavy atom. The highest BCUT2D eigenvalue weighted by atomic mass is 16.1. The Hall–Kier alpha value is -0.410. The summed E-state index contributed by atoms with van der Waals surface area (Å²) in [5, 5.41) is 3.62. The molecule has 3 nitrogen and oxygen atoms in total. The summed E-state index contributed by atoms with van der Waals surface area (Å²) in [4.78, 5) is 11.1. The van der Waals surface area contributed by atoms with Crippen LogP contribution < -0.4 is 11.1 Å². The Morgan fingerprint density at radius 2 is 0.897 bits per heavy atom. The minimum absolute atomic E-state index is 0.211. The van der Waals surface area contributed by atoms with Crippen molar-refractivity contribution in [1.82, 2.24) is 5.32 Å². The molecule has 0 aliphatic heterocycles. The molecule has 0 bridgehead atoms. The van der Waals surface area contributed by atoms with Crippen LogP contribution in [0.3, 0.4) is 0 Å². The van der Waals surface area contributed by atoms with Crippen LogP contribution in [-0.2, 0) is 4.79 Å². The van der Waals surface area contributed by atoms with Gasteiger partial charge in [0.25, 0.3) is 0 Å². The van der Waals surface area contributed by atoms with Gasteiger partial charge in [0.15, 0.2) is 0 Å². The fraction of sp³-hybridized carbons (Fsp3) is 0.962. The van der Waals surface area contributed by atoms with Gasteiger partial charge in [-0.1, -0.05) is 116 Å². The Labute approximate surface area is 183 Å². The molecule has 0 atom stereocenters. The quantitative estimate of drug-likeness (QED) is 0.155. The van der Waals surface area contributed by atoms with Crippen molar-refractivity contribution in [1.29, 1.82) is 0 Å². The van der Waals surface area contributed by atoms with E-state index in [-0.39, 0.29) is 12.3 Å². The highest BCUT2D eigenvalue weighted by Gasteiger charge is 1.98. The normalized spacial score (nSPS) is 11.2. The van der Waals surface area contributed by atoms with E-state index in [1.54, 1.807) is 0 Å². The van der Waals surface area contributed by atoms with Gasteiger partial charge < -0.3 is 11.1 Å². The summed E-state index contributed by atoms with van der Waals surface area (Å²) >= 11 is 0. The Kier molecular flexibility index (Phi) is 25.3. The topological polar surface area (TPSA) is 55.1 Å². The zero-order valence-corrected chi connectivity index (χ0v) is 20.0. The summed E-state index contributed by atoms with van der Waals surface area (Å²) in [6, 6.07) is 0. The van der Waals surface area contributed by atoms with E-state index in [0.29, 0.717) is 6.42 Å². The van der Waals surface area contributed by atoms with Gasteiger partial charge in [0.2, 0.25) is 0 Å². The second-order valence-electron chi connectivity index (χ2n) is 8.96. The van der Waals surface area contributed by atoms with Crippen molar-refractivity contribution in [3.8, 4) is 0 Å². The summed E-state index contributed by atoms with van der Waals surface area (Å²) in [5.41, 5.74) is 5.31. The first-order valence-electron chi connectivity index (χ1n) is 13.2. The first-order chi connectivity index (χ1) is 14.3. The lowest BCUT2D eigenvalue weighted by atomic mass is 10.0. The molecule has 0 radical (unpaired) electrons. The highest BCUT2D eigenvalue weighted by Crippen LogP contribution is 2.12. The monoisotopic (exact) mass is 410 g/mol. The summed E-state index contributed by atoms with van der Waals surface area (Å²) in [6.45, 7) is 4.93. The molecule has 0 saturated heterocycles. The zero-order valence-electron chi connectivity index (χ0n) is 20.0. The summed E-state index contributed by atoms with van der Waals surface area (Å²) in [7, 11) is 0. The molecule has 0 unspecified atom stereocenters. The fourth-order valence-electron chi connectivity index (χ4n) is 3.95. The molecular weight excluding hydrogens is 356 g/mol. The average Bonchev–Trinajstić information content (AvgIpc) is 2.74. The number of hydrogen-bond donors (Lipinski definition) is 2. The van der Waals surface area contributed by atoms with Gasteiger partial charge in [0, 0.05) is 6.42 Å². The zero-order chi connectivity index (χ0) is 21.3. The number of nitrogens with two attached hydrogens (primary N) is 1. The lowest BCUT2D eigenvalue weighted by Gasteiger charge is -2.06. The third-order valence-corrected chi connectivity index (χ3v) is 5.99. The van der Waals surface area contributed by atoms with Crippen LogP contribution in [0.5, 0.6) is 0 Å². The largest absolute Gasteiger partial charge is 0.324 e. The van der Waals surface area contributed by atoms with E-state index in [4.69, 9.17) is 5.73 Å². The predicted octanol–water partition coefficient (Wildman–Crippen LogP) is 7.32. The van der Waals surface area contributed by atoms with Crippen LogP contribution in [0.1, 0.15) is 142 Å². The van der Waals surface area contributed by atoms with Gasteiger partial charge >= 0.3 is 0 Å². The van der Waals surface area contributed by atoms with E-state index < -0.39 is 0 Å². The third kappa shape index (κ3) is 25.6. The lowest BCUT2D eigenvalue weighted by molar-refractivity contribution is -0.117. The van der Waals surface area contributed by atoms with Gasteiger partial charge in [-0.05, 0) is 32.4 Å². The summed E-state index contributed by atoms with van der Waals surface area (Å²) in [6.07, 6.45) is 28.0. The second-order valence-corrected chi connectivity index (χ2v) is 8.96. The third-order valence-electron chi connectivity index (χ3n) is 5.99. The average molecular weight is 411 g/mol. The lowest BCUT2D eigenvalue weighted by Crippen LogP contribution is -2.16. The smallest absolute Gasteiger partial charge is 0.146 e. The predicted molar refractivity (Wildman–Crippen MR) is 130 cm³/mol. The molecule has 174 valence electrons. The number of rotatable bonds is 25. The van der Waals surface area contributed by atoms with Crippen LogP contribution in [0.2, 0.25) is 0 Å². The van der Waals surface area contributed by atoms with Gasteiger partial charge in [-0.25, -0.2) is 0 Å². The molecule has 29 heavy (non-hydrogen) atoms. The molecule has 0 rings (SSSR count). The van der Waals surface area contributed by atoms with Crippen molar-refractivity contribution in [3.05, 3.63) is 0 Å². The minimum atomic E-state index is 0.211. The molecule has 3 heteroatoms. The van der Waals surface area contributed by atoms with Gasteiger partial charge in [-0.15, -0.1) is 0 Å². The standard InChI is InChI=1S/C26H54N2O/c1-2-3-4-5-6-7-11-14-17-20-23-28-24-21-18-15-12-9-8-10-13-16-19-22-26(29)25-27/h28H,2-25,27H2,1H3. The molecule has 0 amide bonds. The van der Waals surface area contributed by atoms with Crippen molar-refractivity contribution in [2.45, 2.75) is 142 Å². The number of carbonyl (C=O) groups excluding carboxylic acids is 1. The Bertz CT molecular complexity index is 320. The number of Topliss-reactive ketones (excluding diaryl/α,β-unsaturated/α-hetero) is 1. The first kappa shape index (κ1) is 28.6. The van der Waals surface area contributed by atoms with Crippen molar-refractivity contribution >= 4 is 5.78 Å². The van der Waals surface area contributed by atoms with Crippen LogP contribution in [0.4, 0.5) is 0 Å². The Morgan fingerprint density at radius 3 is 1.28 bits per heavy atom. The molecular formula is C26H54N2O. The molecule has 0 heterocycles. The molecule has 0 fully saturated rings. The maximum atomic E-state index is 11.1. The number of unbranched alkanes of at least 4 members (excludes halogenated alkanes) is 18. The molecule has 0 aromatic carbocycles. The number of ketones is 1. The van der Waals surface area contributed by atoms with E-state index in [2.05, 4.69) is 12.2 Å². The molecule has 0 aromatic heterocycles. The fourth-order valence-corrected chi connectivity index (χ4v) is 3.95. The molecule has 0 saturated carbocycles. The van der Waals surface area contributed by atoms with Crippen molar-refractivity contribution < 1.29 is 4.79 Å². The number of hydrogen-bond acceptors (Lipinski definition) is 3. The summed E-state index contributed by atoms with van der Waals surface area (Å²) < 4.78 is 0. The van der Waals surface area contributed by atoms with Crippen LogP contribution >= 0.6 is 0 Å². The van der Waals surface area contributed by atoms with Crippen LogP contribution in [0.15, 0.2) is 0 Å². The molecule has 0 spiro atoms. The number of nitrogens with one attached hydrogen (secondary N) is 1. The molecule has 0 aliphatic rings. The van der Waals surface area contributed by atoms with E-state index in [1.165, 1.54) is 135 Å². The van der Waals surface area contributed by atoms with Crippen molar-refractivity contribution in [3.63, 3.8) is 0 Å². The van der Waals surface area contributed by atoms with Gasteiger partial charge in [0.1, 0.15) is 5.78 Å². The van der Waals surface area contributed by atoms with Crippen LogP contribution in [0.25, 0.3) is 0 Å². The maximum Gasteiger partial charge on any atom is 0.146 e. The van der Waals surface area contributed by atoms with Gasteiger partial charge in [0.05, 0.1) is 6.54 Å². The maximum absolute atomic E-state index is 11.1. The first-order valence-corrected chi connectivity index (χ1v) is 13.2. The van der Waals surface area contributed by atoms with Crippen LogP contribution in [0, 0.1) is 0 Å². The molecule has 0 aliphatic carbocycles. The number of carbonyl (C=O) groups is 1. The molecule has 3 N–H and O–H groups in total. The van der Waals surface area contributed by atoms with Gasteiger partial charge in [-0.2, -0.15) is 0 Å². The van der Waals surface area contributed by atoms with E-state index in [1.807, 2.05) is 0 Å². The summed E-state index contributed by atoms with van der Waals surface area (Å²) in [5.74, 6) is 0.211. The van der Waals surface area contributed by atoms with Gasteiger partial charge in [-0.3, -0.25) is 4.79 Å².